The zero-order valence-corrected chi connectivity index (χ0v) is 21.2. The molecule has 0 aliphatic heterocycles. The Balaban J connectivity index is 1.52. The summed E-state index contributed by atoms with van der Waals surface area (Å²) >= 11 is 1.51. The van der Waals surface area contributed by atoms with E-state index < -0.39 is 0 Å². The van der Waals surface area contributed by atoms with Crippen molar-refractivity contribution in [2.24, 2.45) is 0 Å². The van der Waals surface area contributed by atoms with Crippen LogP contribution in [0.3, 0.4) is 0 Å². The summed E-state index contributed by atoms with van der Waals surface area (Å²) in [5.74, 6) is 0.868. The van der Waals surface area contributed by atoms with Gasteiger partial charge in [-0.2, -0.15) is 0 Å². The molecule has 3 N–H and O–H groups in total. The number of aromatic hydroxyl groups is 1. The van der Waals surface area contributed by atoms with E-state index in [9.17, 15) is 9.90 Å². The summed E-state index contributed by atoms with van der Waals surface area (Å²) in [7, 11) is 0. The first-order valence-electron chi connectivity index (χ1n) is 11.8. The van der Waals surface area contributed by atoms with E-state index in [-0.39, 0.29) is 17.6 Å². The summed E-state index contributed by atoms with van der Waals surface area (Å²) in [5, 5.41) is 16.8. The van der Waals surface area contributed by atoms with Crippen LogP contribution < -0.4 is 10.6 Å². The Morgan fingerprint density at radius 1 is 0.919 bits per heavy atom. The second-order valence-corrected chi connectivity index (χ2v) is 9.85. The van der Waals surface area contributed by atoms with Crippen LogP contribution in [0, 0.1) is 0 Å². The van der Waals surface area contributed by atoms with E-state index in [4.69, 9.17) is 0 Å². The normalized spacial score (nSPS) is 11.0. The van der Waals surface area contributed by atoms with E-state index in [0.29, 0.717) is 22.7 Å². The molecule has 0 unspecified atom stereocenters. The van der Waals surface area contributed by atoms with Crippen molar-refractivity contribution in [2.45, 2.75) is 29.6 Å². The highest BCUT2D eigenvalue weighted by Crippen LogP contribution is 2.37. The van der Waals surface area contributed by atoms with Crippen molar-refractivity contribution in [2.75, 3.05) is 10.6 Å². The van der Waals surface area contributed by atoms with Gasteiger partial charge < -0.3 is 15.7 Å². The minimum Gasteiger partial charge on any atom is -0.508 e. The molecule has 0 fully saturated rings. The number of benzene rings is 3. The van der Waals surface area contributed by atoms with Crippen molar-refractivity contribution < 1.29 is 9.90 Å². The van der Waals surface area contributed by atoms with Crippen LogP contribution in [0.4, 0.5) is 17.2 Å². The second kappa shape index (κ2) is 10.7. The summed E-state index contributed by atoms with van der Waals surface area (Å²) in [6.45, 7) is 4.18. The van der Waals surface area contributed by atoms with Gasteiger partial charge in [0.1, 0.15) is 17.9 Å². The SMILES string of the molecule is CC(C)c1ccc2c(Nc3cc(C(=O)Nc4ccccc4)ccc3Sc3ccc(O)cc3)ncnc2n1. The van der Waals surface area contributed by atoms with Gasteiger partial charge in [-0.05, 0) is 72.6 Å². The first-order chi connectivity index (χ1) is 18.0. The molecule has 37 heavy (non-hydrogen) atoms. The minimum absolute atomic E-state index is 0.205. The average molecular weight is 508 g/mol. The van der Waals surface area contributed by atoms with Crippen molar-refractivity contribution in [1.82, 2.24) is 15.0 Å². The minimum atomic E-state index is -0.216. The van der Waals surface area contributed by atoms with Gasteiger partial charge in [0.15, 0.2) is 5.65 Å². The molecular formula is C29H25N5O2S. The zero-order chi connectivity index (χ0) is 25.8. The molecule has 0 saturated heterocycles. The number of amides is 1. The molecule has 0 aliphatic rings. The standard InChI is InChI=1S/C29H25N5O2S/c1-18(2)24-14-13-23-27(33-24)30-17-31-28(23)34-25-16-19(29(36)32-20-6-4-3-5-7-20)8-15-26(25)37-22-11-9-21(35)10-12-22/h3-18,35H,1-2H3,(H,32,36)(H,30,31,33,34). The van der Waals surface area contributed by atoms with Crippen LogP contribution in [0.1, 0.15) is 35.8 Å². The van der Waals surface area contributed by atoms with Crippen molar-refractivity contribution in [3.63, 3.8) is 0 Å². The van der Waals surface area contributed by atoms with E-state index in [1.165, 1.54) is 18.1 Å². The maximum atomic E-state index is 13.0. The van der Waals surface area contributed by atoms with Gasteiger partial charge in [0, 0.05) is 26.7 Å². The molecule has 0 bridgehead atoms. The monoisotopic (exact) mass is 507 g/mol. The fourth-order valence-electron chi connectivity index (χ4n) is 3.73. The topological polar surface area (TPSA) is 100 Å². The summed E-state index contributed by atoms with van der Waals surface area (Å²) < 4.78 is 0. The molecule has 3 aromatic carbocycles. The molecule has 5 aromatic rings. The van der Waals surface area contributed by atoms with Crippen LogP contribution in [0.15, 0.2) is 101 Å². The number of rotatable bonds is 7. The number of nitrogens with one attached hydrogen (secondary N) is 2. The first-order valence-corrected chi connectivity index (χ1v) is 12.6. The molecule has 1 amide bonds. The highest BCUT2D eigenvalue weighted by molar-refractivity contribution is 7.99. The predicted molar refractivity (Wildman–Crippen MR) is 148 cm³/mol. The van der Waals surface area contributed by atoms with Crippen LogP contribution in [-0.4, -0.2) is 26.0 Å². The van der Waals surface area contributed by atoms with Gasteiger partial charge in [0.05, 0.1) is 11.1 Å². The molecule has 2 heterocycles. The fourth-order valence-corrected chi connectivity index (χ4v) is 4.61. The lowest BCUT2D eigenvalue weighted by Crippen LogP contribution is -2.12. The van der Waals surface area contributed by atoms with Crippen molar-refractivity contribution >= 4 is 45.9 Å². The van der Waals surface area contributed by atoms with E-state index in [1.807, 2.05) is 66.7 Å². The zero-order valence-electron chi connectivity index (χ0n) is 20.3. The molecule has 2 aromatic heterocycles. The Morgan fingerprint density at radius 3 is 2.46 bits per heavy atom. The summed E-state index contributed by atoms with van der Waals surface area (Å²) in [4.78, 5) is 28.4. The Bertz CT molecular complexity index is 1560. The number of fused-ring (bicyclic) bond motifs is 1. The fraction of sp³-hybridized carbons (Fsp3) is 0.103. The largest absolute Gasteiger partial charge is 0.508 e. The number of phenolic OH excluding ortho intramolecular Hbond substituents is 1. The van der Waals surface area contributed by atoms with Gasteiger partial charge in [0.2, 0.25) is 0 Å². The van der Waals surface area contributed by atoms with Crippen LogP contribution >= 0.6 is 11.8 Å². The Labute approximate surface area is 219 Å². The molecule has 0 atom stereocenters. The number of hydrogen-bond acceptors (Lipinski definition) is 7. The van der Waals surface area contributed by atoms with Crippen LogP contribution in [0.5, 0.6) is 5.75 Å². The molecule has 0 aliphatic carbocycles. The number of carbonyl (C=O) groups excluding carboxylic acids is 1. The van der Waals surface area contributed by atoms with Crippen LogP contribution in [-0.2, 0) is 0 Å². The maximum absolute atomic E-state index is 13.0. The van der Waals surface area contributed by atoms with E-state index in [0.717, 1.165) is 26.6 Å². The number of nitrogens with zero attached hydrogens (tertiary/aromatic N) is 3. The van der Waals surface area contributed by atoms with Gasteiger partial charge in [-0.25, -0.2) is 15.0 Å². The number of carbonyl (C=O) groups is 1. The summed E-state index contributed by atoms with van der Waals surface area (Å²) in [6, 6.07) is 25.8. The van der Waals surface area contributed by atoms with Crippen molar-refractivity contribution in [1.29, 1.82) is 0 Å². The van der Waals surface area contributed by atoms with Gasteiger partial charge in [-0.1, -0.05) is 43.8 Å². The summed E-state index contributed by atoms with van der Waals surface area (Å²) in [5.41, 5.74) is 3.50. The molecular weight excluding hydrogens is 482 g/mol. The van der Waals surface area contributed by atoms with Gasteiger partial charge in [-0.15, -0.1) is 0 Å². The third kappa shape index (κ3) is 5.70. The number of aromatic nitrogens is 3. The molecule has 5 rings (SSSR count). The quantitative estimate of drug-likeness (QED) is 0.218. The number of anilines is 3. The smallest absolute Gasteiger partial charge is 0.255 e. The van der Waals surface area contributed by atoms with Gasteiger partial charge in [-0.3, -0.25) is 4.79 Å². The molecule has 184 valence electrons. The van der Waals surface area contributed by atoms with Crippen LogP contribution in [0.2, 0.25) is 0 Å². The van der Waals surface area contributed by atoms with E-state index in [1.54, 1.807) is 18.2 Å². The lowest BCUT2D eigenvalue weighted by atomic mass is 10.1. The third-order valence-electron chi connectivity index (χ3n) is 5.70. The Hall–Kier alpha value is -4.43. The number of hydrogen-bond donors (Lipinski definition) is 3. The second-order valence-electron chi connectivity index (χ2n) is 8.74. The van der Waals surface area contributed by atoms with Crippen molar-refractivity contribution in [3.8, 4) is 5.75 Å². The van der Waals surface area contributed by atoms with Gasteiger partial charge in [0.25, 0.3) is 5.91 Å². The molecule has 7 nitrogen and oxygen atoms in total. The first kappa shape index (κ1) is 24.3. The Kier molecular flexibility index (Phi) is 7.00. The number of phenols is 1. The molecule has 0 radical (unpaired) electrons. The van der Waals surface area contributed by atoms with Crippen molar-refractivity contribution in [3.05, 3.63) is 103 Å². The average Bonchev–Trinajstić information content (AvgIpc) is 2.91. The van der Waals surface area contributed by atoms with Gasteiger partial charge >= 0.3 is 0 Å². The highest BCUT2D eigenvalue weighted by atomic mass is 32.2. The predicted octanol–water partition coefficient (Wildman–Crippen LogP) is 7.00. The van der Waals surface area contributed by atoms with E-state index in [2.05, 4.69) is 39.4 Å². The molecule has 0 spiro atoms. The lowest BCUT2D eigenvalue weighted by molar-refractivity contribution is 0.102. The third-order valence-corrected chi connectivity index (χ3v) is 6.78. The highest BCUT2D eigenvalue weighted by Gasteiger charge is 2.15. The number of para-hydroxylation sites is 1. The Morgan fingerprint density at radius 2 is 1.70 bits per heavy atom. The summed E-state index contributed by atoms with van der Waals surface area (Å²) in [6.07, 6.45) is 1.49. The lowest BCUT2D eigenvalue weighted by Gasteiger charge is -2.15. The van der Waals surface area contributed by atoms with Crippen LogP contribution in [0.25, 0.3) is 11.0 Å². The van der Waals surface area contributed by atoms with E-state index >= 15 is 0 Å². The molecule has 0 saturated carbocycles. The maximum Gasteiger partial charge on any atom is 0.255 e. The molecule has 8 heteroatoms. The number of pyridine rings is 1.